The number of nitrogens with one attached hydrogen (secondary N) is 3. The molecule has 7 nitrogen and oxygen atoms in total. The molecule has 1 aromatic carbocycles. The number of hydrogen-bond acceptors (Lipinski definition) is 5. The maximum atomic E-state index is 11.6. The molecule has 3 aromatic rings. The van der Waals surface area contributed by atoms with Crippen LogP contribution in [0, 0.1) is 0 Å². The quantitative estimate of drug-likeness (QED) is 0.685. The number of urea groups is 1. The third-order valence-electron chi connectivity index (χ3n) is 4.10. The van der Waals surface area contributed by atoms with E-state index in [2.05, 4.69) is 43.0 Å². The lowest BCUT2D eigenvalue weighted by atomic mass is 10.1. The second-order valence-corrected chi connectivity index (χ2v) is 5.83. The number of hydrogen-bond donors (Lipinski definition) is 3. The normalized spacial score (nSPS) is 12.5. The minimum absolute atomic E-state index is 0.287. The van der Waals surface area contributed by atoms with Crippen molar-refractivity contribution >= 4 is 28.7 Å². The predicted octanol–water partition coefficient (Wildman–Crippen LogP) is 2.80. The molecule has 0 saturated heterocycles. The van der Waals surface area contributed by atoms with Gasteiger partial charge in [0.2, 0.25) is 0 Å². The summed E-state index contributed by atoms with van der Waals surface area (Å²) in [6.45, 7) is 3.38. The van der Waals surface area contributed by atoms with Crippen molar-refractivity contribution in [1.82, 2.24) is 20.3 Å². The number of carbonyl (C=O) groups is 1. The summed E-state index contributed by atoms with van der Waals surface area (Å²) >= 11 is 0. The van der Waals surface area contributed by atoms with Crippen LogP contribution in [0.4, 0.5) is 16.3 Å². The molecule has 0 spiro atoms. The Labute approximate surface area is 144 Å². The van der Waals surface area contributed by atoms with Gasteiger partial charge in [0.25, 0.3) is 0 Å². The molecule has 126 valence electrons. The number of amides is 2. The predicted molar refractivity (Wildman–Crippen MR) is 97.7 cm³/mol. The fourth-order valence-electron chi connectivity index (χ4n) is 2.89. The first-order chi connectivity index (χ1) is 12.2. The summed E-state index contributed by atoms with van der Waals surface area (Å²) < 4.78 is 0. The number of carbonyl (C=O) groups excluding carboxylic acids is 1. The fourth-order valence-corrected chi connectivity index (χ4v) is 2.89. The molecule has 1 aliphatic heterocycles. The van der Waals surface area contributed by atoms with Crippen molar-refractivity contribution in [1.29, 1.82) is 0 Å². The second-order valence-electron chi connectivity index (χ2n) is 5.83. The van der Waals surface area contributed by atoms with E-state index in [4.69, 9.17) is 0 Å². The van der Waals surface area contributed by atoms with Gasteiger partial charge in [-0.1, -0.05) is 6.07 Å². The zero-order chi connectivity index (χ0) is 17.2. The highest BCUT2D eigenvalue weighted by molar-refractivity contribution is 5.89. The van der Waals surface area contributed by atoms with Crippen LogP contribution in [0.1, 0.15) is 12.5 Å². The maximum Gasteiger partial charge on any atom is 0.320 e. The Kier molecular flexibility index (Phi) is 3.89. The van der Waals surface area contributed by atoms with Crippen LogP contribution in [0.25, 0.3) is 22.4 Å². The molecular weight excluding hydrogens is 316 g/mol. The molecule has 4 rings (SSSR count). The monoisotopic (exact) mass is 334 g/mol. The van der Waals surface area contributed by atoms with Crippen LogP contribution in [-0.2, 0) is 6.42 Å². The van der Waals surface area contributed by atoms with Crippen LogP contribution >= 0.6 is 0 Å². The highest BCUT2D eigenvalue weighted by Gasteiger charge is 2.12. The van der Waals surface area contributed by atoms with E-state index < -0.39 is 0 Å². The number of pyridine rings is 1. The Morgan fingerprint density at radius 3 is 3.04 bits per heavy atom. The largest absolute Gasteiger partial charge is 0.384 e. The van der Waals surface area contributed by atoms with Gasteiger partial charge in [0, 0.05) is 24.3 Å². The first-order valence-electron chi connectivity index (χ1n) is 8.29. The number of benzene rings is 1. The Hall–Kier alpha value is -3.22. The molecule has 3 heterocycles. The average molecular weight is 334 g/mol. The Bertz CT molecular complexity index is 955. The summed E-state index contributed by atoms with van der Waals surface area (Å²) in [6, 6.07) is 9.47. The van der Waals surface area contributed by atoms with Crippen LogP contribution in [0.2, 0.25) is 0 Å². The zero-order valence-electron chi connectivity index (χ0n) is 13.8. The maximum absolute atomic E-state index is 11.6. The molecule has 0 saturated carbocycles. The SMILES string of the molecule is CCNC(=O)Nc1ccc2ncc(-c3ccc4c(c3)CCN4)nc2n1. The molecular formula is C18H18N6O. The van der Waals surface area contributed by atoms with Crippen LogP contribution in [0.5, 0.6) is 0 Å². The smallest absolute Gasteiger partial charge is 0.320 e. The third-order valence-corrected chi connectivity index (χ3v) is 4.10. The lowest BCUT2D eigenvalue weighted by Crippen LogP contribution is -2.28. The van der Waals surface area contributed by atoms with Gasteiger partial charge in [0.1, 0.15) is 11.3 Å². The van der Waals surface area contributed by atoms with E-state index >= 15 is 0 Å². The van der Waals surface area contributed by atoms with Crippen LogP contribution in [-0.4, -0.2) is 34.1 Å². The van der Waals surface area contributed by atoms with Gasteiger partial charge < -0.3 is 10.6 Å². The van der Waals surface area contributed by atoms with E-state index in [0.29, 0.717) is 23.5 Å². The van der Waals surface area contributed by atoms with Gasteiger partial charge in [-0.05, 0) is 43.2 Å². The molecule has 25 heavy (non-hydrogen) atoms. The van der Waals surface area contributed by atoms with E-state index in [9.17, 15) is 4.79 Å². The zero-order valence-corrected chi connectivity index (χ0v) is 13.8. The minimum atomic E-state index is -0.287. The second kappa shape index (κ2) is 6.35. The highest BCUT2D eigenvalue weighted by atomic mass is 16.2. The van der Waals surface area contributed by atoms with E-state index in [1.807, 2.05) is 13.0 Å². The molecule has 7 heteroatoms. The van der Waals surface area contributed by atoms with Gasteiger partial charge in [-0.2, -0.15) is 0 Å². The van der Waals surface area contributed by atoms with Gasteiger partial charge in [-0.3, -0.25) is 10.3 Å². The van der Waals surface area contributed by atoms with Gasteiger partial charge in [-0.15, -0.1) is 0 Å². The summed E-state index contributed by atoms with van der Waals surface area (Å²) in [7, 11) is 0. The molecule has 0 fully saturated rings. The summed E-state index contributed by atoms with van der Waals surface area (Å²) in [6.07, 6.45) is 2.77. The summed E-state index contributed by atoms with van der Waals surface area (Å²) in [4.78, 5) is 25.1. The number of nitrogens with zero attached hydrogens (tertiary/aromatic N) is 3. The summed E-state index contributed by atoms with van der Waals surface area (Å²) in [5.74, 6) is 0.447. The molecule has 0 aliphatic carbocycles. The number of fused-ring (bicyclic) bond motifs is 2. The van der Waals surface area contributed by atoms with E-state index in [0.717, 1.165) is 24.2 Å². The van der Waals surface area contributed by atoms with Gasteiger partial charge in [0.05, 0.1) is 11.9 Å². The third kappa shape index (κ3) is 3.08. The van der Waals surface area contributed by atoms with Gasteiger partial charge in [0.15, 0.2) is 5.65 Å². The molecule has 0 atom stereocenters. The first-order valence-corrected chi connectivity index (χ1v) is 8.29. The molecule has 2 aromatic heterocycles. The van der Waals surface area contributed by atoms with Crippen molar-refractivity contribution in [2.24, 2.45) is 0 Å². The molecule has 0 unspecified atom stereocenters. The topological polar surface area (TPSA) is 91.8 Å². The molecule has 0 radical (unpaired) electrons. The van der Waals surface area contributed by atoms with E-state index in [1.54, 1.807) is 18.3 Å². The standard InChI is InChI=1S/C18H18N6O/c1-2-19-18(25)24-16-6-5-14-17(23-16)22-15(10-21-14)11-3-4-13-12(9-11)7-8-20-13/h3-6,9-10,20H,2,7-8H2,1H3,(H2,19,22,23,24,25). The average Bonchev–Trinajstić information content (AvgIpc) is 3.09. The Morgan fingerprint density at radius 2 is 2.16 bits per heavy atom. The molecule has 2 amide bonds. The number of aromatic nitrogens is 3. The lowest BCUT2D eigenvalue weighted by molar-refractivity contribution is 0.252. The minimum Gasteiger partial charge on any atom is -0.384 e. The summed E-state index contributed by atoms with van der Waals surface area (Å²) in [5.41, 5.74) is 5.45. The van der Waals surface area contributed by atoms with Crippen LogP contribution in [0.15, 0.2) is 36.5 Å². The van der Waals surface area contributed by atoms with Gasteiger partial charge in [-0.25, -0.2) is 14.8 Å². The van der Waals surface area contributed by atoms with Crippen molar-refractivity contribution in [2.45, 2.75) is 13.3 Å². The van der Waals surface area contributed by atoms with Crippen molar-refractivity contribution < 1.29 is 4.79 Å². The molecule has 3 N–H and O–H groups in total. The lowest BCUT2D eigenvalue weighted by Gasteiger charge is -2.07. The van der Waals surface area contributed by atoms with Crippen molar-refractivity contribution in [3.63, 3.8) is 0 Å². The van der Waals surface area contributed by atoms with Gasteiger partial charge >= 0.3 is 6.03 Å². The van der Waals surface area contributed by atoms with Crippen molar-refractivity contribution in [2.75, 3.05) is 23.7 Å². The van der Waals surface area contributed by atoms with Crippen molar-refractivity contribution in [3.8, 4) is 11.3 Å². The van der Waals surface area contributed by atoms with E-state index in [1.165, 1.54) is 11.3 Å². The first kappa shape index (κ1) is 15.3. The molecule has 1 aliphatic rings. The summed E-state index contributed by atoms with van der Waals surface area (Å²) in [5, 5.41) is 8.71. The Balaban J connectivity index is 1.67. The van der Waals surface area contributed by atoms with Crippen molar-refractivity contribution in [3.05, 3.63) is 42.1 Å². The van der Waals surface area contributed by atoms with E-state index in [-0.39, 0.29) is 6.03 Å². The highest BCUT2D eigenvalue weighted by Crippen LogP contribution is 2.28. The fraction of sp³-hybridized carbons (Fsp3) is 0.222. The molecule has 0 bridgehead atoms. The van der Waals surface area contributed by atoms with Crippen LogP contribution < -0.4 is 16.0 Å². The number of rotatable bonds is 3. The number of anilines is 2. The Morgan fingerprint density at radius 1 is 1.24 bits per heavy atom. The van der Waals surface area contributed by atoms with Crippen LogP contribution in [0.3, 0.4) is 0 Å².